The molecular formula is C13H16FNO2. The van der Waals surface area contributed by atoms with Crippen LogP contribution >= 0.6 is 0 Å². The van der Waals surface area contributed by atoms with Crippen molar-refractivity contribution in [3.05, 3.63) is 35.6 Å². The van der Waals surface area contributed by atoms with E-state index >= 15 is 0 Å². The second kappa shape index (κ2) is 4.84. The molecule has 0 heterocycles. The highest BCUT2D eigenvalue weighted by Gasteiger charge is 2.41. The summed E-state index contributed by atoms with van der Waals surface area (Å²) in [5, 5.41) is 11.7. The molecule has 0 atom stereocenters. The Balaban J connectivity index is 1.90. The molecule has 0 spiro atoms. The summed E-state index contributed by atoms with van der Waals surface area (Å²) in [7, 11) is 0. The van der Waals surface area contributed by atoms with Gasteiger partial charge in [-0.2, -0.15) is 0 Å². The van der Waals surface area contributed by atoms with Gasteiger partial charge in [-0.05, 0) is 42.9 Å². The van der Waals surface area contributed by atoms with Gasteiger partial charge in [0.2, 0.25) is 0 Å². The Labute approximate surface area is 99.7 Å². The predicted octanol–water partition coefficient (Wildman–Crippen LogP) is 1.72. The van der Waals surface area contributed by atoms with Crippen molar-refractivity contribution in [3.8, 4) is 0 Å². The normalized spacial score (nSPS) is 16.6. The number of benzene rings is 1. The SMILES string of the molecule is O=C(NCC1(CCO)CC1)c1cccc(F)c1. The Morgan fingerprint density at radius 3 is 2.82 bits per heavy atom. The van der Waals surface area contributed by atoms with E-state index in [1.165, 1.54) is 18.2 Å². The van der Waals surface area contributed by atoms with Gasteiger partial charge in [0.25, 0.3) is 5.91 Å². The van der Waals surface area contributed by atoms with Crippen LogP contribution in [0.25, 0.3) is 0 Å². The lowest BCUT2D eigenvalue weighted by Crippen LogP contribution is -2.30. The topological polar surface area (TPSA) is 49.3 Å². The molecule has 3 nitrogen and oxygen atoms in total. The number of aliphatic hydroxyl groups is 1. The Bertz CT molecular complexity index is 416. The van der Waals surface area contributed by atoms with Crippen LogP contribution in [0.3, 0.4) is 0 Å². The Morgan fingerprint density at radius 1 is 1.47 bits per heavy atom. The molecule has 0 bridgehead atoms. The molecule has 1 aliphatic carbocycles. The number of rotatable bonds is 5. The molecule has 1 aromatic carbocycles. The number of carbonyl (C=O) groups excluding carboxylic acids is 1. The van der Waals surface area contributed by atoms with Gasteiger partial charge in [0, 0.05) is 18.7 Å². The van der Waals surface area contributed by atoms with Gasteiger partial charge in [0.1, 0.15) is 5.82 Å². The van der Waals surface area contributed by atoms with E-state index in [0.717, 1.165) is 19.3 Å². The van der Waals surface area contributed by atoms with Crippen molar-refractivity contribution in [2.24, 2.45) is 5.41 Å². The fourth-order valence-corrected chi connectivity index (χ4v) is 1.93. The summed E-state index contributed by atoms with van der Waals surface area (Å²) in [4.78, 5) is 11.7. The molecular weight excluding hydrogens is 221 g/mol. The molecule has 0 unspecified atom stereocenters. The summed E-state index contributed by atoms with van der Waals surface area (Å²) >= 11 is 0. The van der Waals surface area contributed by atoms with E-state index in [9.17, 15) is 9.18 Å². The molecule has 0 aromatic heterocycles. The molecule has 2 N–H and O–H groups in total. The zero-order valence-corrected chi connectivity index (χ0v) is 9.58. The van der Waals surface area contributed by atoms with Crippen molar-refractivity contribution in [1.82, 2.24) is 5.32 Å². The van der Waals surface area contributed by atoms with Crippen LogP contribution in [0.2, 0.25) is 0 Å². The van der Waals surface area contributed by atoms with Crippen LogP contribution in [0.5, 0.6) is 0 Å². The van der Waals surface area contributed by atoms with Crippen LogP contribution < -0.4 is 5.32 Å². The highest BCUT2D eigenvalue weighted by atomic mass is 19.1. The third kappa shape index (κ3) is 3.03. The fourth-order valence-electron chi connectivity index (χ4n) is 1.93. The number of nitrogens with one attached hydrogen (secondary N) is 1. The smallest absolute Gasteiger partial charge is 0.251 e. The van der Waals surface area contributed by atoms with Crippen molar-refractivity contribution in [3.63, 3.8) is 0 Å². The van der Waals surface area contributed by atoms with E-state index in [-0.39, 0.29) is 17.9 Å². The first kappa shape index (κ1) is 12.0. The first-order valence-corrected chi connectivity index (χ1v) is 5.80. The van der Waals surface area contributed by atoms with Crippen LogP contribution in [0, 0.1) is 11.2 Å². The quantitative estimate of drug-likeness (QED) is 0.819. The molecule has 2 rings (SSSR count). The largest absolute Gasteiger partial charge is 0.396 e. The van der Waals surface area contributed by atoms with Gasteiger partial charge >= 0.3 is 0 Å². The standard InChI is InChI=1S/C13H16FNO2/c14-11-3-1-2-10(8-11)12(17)15-9-13(4-5-13)6-7-16/h1-3,8,16H,4-7,9H2,(H,15,17). The van der Waals surface area contributed by atoms with Gasteiger partial charge in [0.15, 0.2) is 0 Å². The second-order valence-corrected chi connectivity index (χ2v) is 4.67. The third-order valence-electron chi connectivity index (χ3n) is 3.31. The summed E-state index contributed by atoms with van der Waals surface area (Å²) in [6.45, 7) is 0.707. The molecule has 0 radical (unpaired) electrons. The van der Waals surface area contributed by atoms with E-state index in [4.69, 9.17) is 5.11 Å². The molecule has 1 saturated carbocycles. The average Bonchev–Trinajstić information content (AvgIpc) is 3.07. The zero-order chi connectivity index (χ0) is 12.3. The number of hydrogen-bond acceptors (Lipinski definition) is 2. The summed E-state index contributed by atoms with van der Waals surface area (Å²) in [6.07, 6.45) is 2.80. The van der Waals surface area contributed by atoms with Crippen molar-refractivity contribution < 1.29 is 14.3 Å². The number of hydrogen-bond donors (Lipinski definition) is 2. The van der Waals surface area contributed by atoms with E-state index in [1.807, 2.05) is 0 Å². The monoisotopic (exact) mass is 237 g/mol. The fraction of sp³-hybridized carbons (Fsp3) is 0.462. The van der Waals surface area contributed by atoms with Crippen LogP contribution in [0.4, 0.5) is 4.39 Å². The lowest BCUT2D eigenvalue weighted by Gasteiger charge is -2.14. The number of amides is 1. The predicted molar refractivity (Wildman–Crippen MR) is 62.1 cm³/mol. The Kier molecular flexibility index (Phi) is 3.43. The third-order valence-corrected chi connectivity index (χ3v) is 3.31. The Morgan fingerprint density at radius 2 is 2.24 bits per heavy atom. The average molecular weight is 237 g/mol. The van der Waals surface area contributed by atoms with Crippen LogP contribution in [-0.2, 0) is 0 Å². The second-order valence-electron chi connectivity index (χ2n) is 4.67. The molecule has 1 amide bonds. The first-order valence-electron chi connectivity index (χ1n) is 5.80. The van der Waals surface area contributed by atoms with Crippen molar-refractivity contribution in [1.29, 1.82) is 0 Å². The van der Waals surface area contributed by atoms with Crippen LogP contribution in [0.1, 0.15) is 29.6 Å². The molecule has 17 heavy (non-hydrogen) atoms. The number of halogens is 1. The maximum absolute atomic E-state index is 12.9. The molecule has 1 fully saturated rings. The maximum atomic E-state index is 12.9. The molecule has 1 aliphatic rings. The summed E-state index contributed by atoms with van der Waals surface area (Å²) in [6, 6.07) is 5.64. The number of aliphatic hydroxyl groups excluding tert-OH is 1. The molecule has 4 heteroatoms. The summed E-state index contributed by atoms with van der Waals surface area (Å²) in [5.74, 6) is -0.664. The van der Waals surface area contributed by atoms with Crippen molar-refractivity contribution in [2.75, 3.05) is 13.2 Å². The van der Waals surface area contributed by atoms with Gasteiger partial charge in [-0.15, -0.1) is 0 Å². The molecule has 1 aromatic rings. The van der Waals surface area contributed by atoms with E-state index in [0.29, 0.717) is 12.1 Å². The highest BCUT2D eigenvalue weighted by Crippen LogP contribution is 2.47. The first-order chi connectivity index (χ1) is 8.15. The lowest BCUT2D eigenvalue weighted by molar-refractivity contribution is 0.0940. The van der Waals surface area contributed by atoms with Crippen LogP contribution in [-0.4, -0.2) is 24.2 Å². The van der Waals surface area contributed by atoms with Gasteiger partial charge in [-0.25, -0.2) is 4.39 Å². The molecule has 92 valence electrons. The highest BCUT2D eigenvalue weighted by molar-refractivity contribution is 5.94. The lowest BCUT2D eigenvalue weighted by atomic mass is 10.0. The minimum Gasteiger partial charge on any atom is -0.396 e. The maximum Gasteiger partial charge on any atom is 0.251 e. The summed E-state index contributed by atoms with van der Waals surface area (Å²) in [5.41, 5.74) is 0.419. The minimum atomic E-state index is -0.408. The van der Waals surface area contributed by atoms with Gasteiger partial charge in [-0.3, -0.25) is 4.79 Å². The van der Waals surface area contributed by atoms with E-state index < -0.39 is 5.82 Å². The van der Waals surface area contributed by atoms with Crippen molar-refractivity contribution in [2.45, 2.75) is 19.3 Å². The molecule has 0 aliphatic heterocycles. The number of carbonyl (C=O) groups is 1. The Hall–Kier alpha value is -1.42. The zero-order valence-electron chi connectivity index (χ0n) is 9.58. The van der Waals surface area contributed by atoms with Gasteiger partial charge in [0.05, 0.1) is 0 Å². The van der Waals surface area contributed by atoms with Gasteiger partial charge < -0.3 is 10.4 Å². The summed E-state index contributed by atoms with van der Waals surface area (Å²) < 4.78 is 12.9. The van der Waals surface area contributed by atoms with Gasteiger partial charge in [-0.1, -0.05) is 6.07 Å². The minimum absolute atomic E-state index is 0.0811. The van der Waals surface area contributed by atoms with E-state index in [1.54, 1.807) is 6.07 Å². The van der Waals surface area contributed by atoms with Crippen molar-refractivity contribution >= 4 is 5.91 Å². The van der Waals surface area contributed by atoms with E-state index in [2.05, 4.69) is 5.32 Å². The van der Waals surface area contributed by atoms with Crippen LogP contribution in [0.15, 0.2) is 24.3 Å². The molecule has 0 saturated heterocycles.